The number of furan rings is 4. The molecule has 16 aromatic rings. The molecule has 2 fully saturated rings. The summed E-state index contributed by atoms with van der Waals surface area (Å²) in [5, 5.41) is 9.54. The topological polar surface area (TPSA) is 78.5 Å². The summed E-state index contributed by atoms with van der Waals surface area (Å²) in [7, 11) is 6.59. The molecule has 542 valence electrons. The third-order valence-corrected chi connectivity index (χ3v) is 24.3. The summed E-state index contributed by atoms with van der Waals surface area (Å²) in [6.45, 7) is 23.3. The monoisotopic (exact) mass is 1420 g/mol. The standard InChI is InChI=1S/C28H24N2O.2C24H24N2O.C20H22N2O/c1-18-16-28-23(22-12-6-9-15-27(22)31-28)17-26(18)30-19(2)29(3)24-13-7-4-10-20(24)21-11-5-8-14-25(21)30;1-16-14-24-20(19-9-5-7-11-23(19)27-24)15-22(16)26-13-12-18-8-4-6-10-21(18)25(3)17(26)2;1-16-12-24-21(20-10-6-7-11-23(20)27-24)13-22(16)26-15-19-9-5-4-8-18(19)14-25(3)17(26)2;1-13-10-20-17(16-7-3-4-8-19(16)23-20)11-18(13)22-14(2)21-9-5-6-15(22)12-21/h4-17,19H,1-3H3;4-11,14-15,17H,12-13H2,1-3H3;4-13,17H,14-15H2,1-3H3;3-4,7-8,10-11,14-15H,5-6,9,12H2,1-2H3. The lowest BCUT2D eigenvalue weighted by Crippen LogP contribution is -2.44. The molecule has 12 nitrogen and oxygen atoms in total. The van der Waals surface area contributed by atoms with Crippen molar-refractivity contribution >= 4 is 128 Å². The highest BCUT2D eigenvalue weighted by Gasteiger charge is 2.40. The van der Waals surface area contributed by atoms with Crippen LogP contribution in [0.25, 0.3) is 98.9 Å². The highest BCUT2D eigenvalue weighted by atomic mass is 16.3. The molecule has 4 aromatic heterocycles. The van der Waals surface area contributed by atoms with Gasteiger partial charge in [0, 0.05) is 141 Å². The Morgan fingerprint density at radius 2 is 0.713 bits per heavy atom. The van der Waals surface area contributed by atoms with Crippen LogP contribution in [-0.2, 0) is 19.5 Å². The summed E-state index contributed by atoms with van der Waals surface area (Å²) in [4.78, 5) is 19.9. The molecule has 0 amide bonds. The number of anilines is 7. The van der Waals surface area contributed by atoms with Gasteiger partial charge >= 0.3 is 0 Å². The molecule has 6 unspecified atom stereocenters. The Kier molecular flexibility index (Phi) is 17.6. The average Bonchev–Trinajstić information content (AvgIpc) is 1.59. The Balaban J connectivity index is 0.000000102. The van der Waals surface area contributed by atoms with E-state index in [9.17, 15) is 0 Å². The molecule has 0 saturated carbocycles. The molecule has 2 saturated heterocycles. The second-order valence-electron chi connectivity index (χ2n) is 30.7. The van der Waals surface area contributed by atoms with E-state index in [1.807, 2.05) is 42.5 Å². The first-order valence-corrected chi connectivity index (χ1v) is 38.6. The maximum absolute atomic E-state index is 6.14. The Morgan fingerprint density at radius 1 is 0.315 bits per heavy atom. The van der Waals surface area contributed by atoms with Crippen molar-refractivity contribution in [2.75, 3.05) is 70.2 Å². The van der Waals surface area contributed by atoms with Crippen LogP contribution in [0, 0.1) is 27.7 Å². The normalized spacial score (nSPS) is 19.2. The van der Waals surface area contributed by atoms with E-state index in [4.69, 9.17) is 17.7 Å². The minimum Gasteiger partial charge on any atom is -0.456 e. The van der Waals surface area contributed by atoms with Crippen LogP contribution in [-0.4, -0.2) is 81.3 Å². The lowest BCUT2D eigenvalue weighted by molar-refractivity contribution is 0.244. The zero-order valence-corrected chi connectivity index (χ0v) is 63.8. The Morgan fingerprint density at radius 3 is 1.24 bits per heavy atom. The van der Waals surface area contributed by atoms with Gasteiger partial charge in [-0.15, -0.1) is 0 Å². The molecule has 0 spiro atoms. The van der Waals surface area contributed by atoms with E-state index in [2.05, 4.69) is 316 Å². The van der Waals surface area contributed by atoms with Crippen molar-refractivity contribution in [3.63, 3.8) is 0 Å². The Hall–Kier alpha value is -11.4. The molecule has 108 heavy (non-hydrogen) atoms. The fourth-order valence-corrected chi connectivity index (χ4v) is 18.2. The van der Waals surface area contributed by atoms with Crippen LogP contribution < -0.4 is 29.4 Å². The molecular weight excluding hydrogens is 1330 g/mol. The van der Waals surface area contributed by atoms with Crippen LogP contribution in [0.4, 0.5) is 39.8 Å². The summed E-state index contributed by atoms with van der Waals surface area (Å²) >= 11 is 0. The third-order valence-electron chi connectivity index (χ3n) is 24.3. The molecule has 12 aromatic carbocycles. The molecule has 2 bridgehead atoms. The van der Waals surface area contributed by atoms with Gasteiger partial charge in [0.2, 0.25) is 0 Å². The van der Waals surface area contributed by atoms with E-state index in [0.29, 0.717) is 18.4 Å². The van der Waals surface area contributed by atoms with E-state index < -0.39 is 0 Å². The van der Waals surface area contributed by atoms with Crippen LogP contribution in [0.3, 0.4) is 0 Å². The number of benzene rings is 12. The Bertz CT molecular complexity index is 6100. The van der Waals surface area contributed by atoms with E-state index >= 15 is 0 Å². The smallest absolute Gasteiger partial charge is 0.135 e. The quantitative estimate of drug-likeness (QED) is 0.168. The van der Waals surface area contributed by atoms with E-state index in [1.165, 1.54) is 148 Å². The molecule has 21 rings (SSSR count). The third kappa shape index (κ3) is 11.9. The van der Waals surface area contributed by atoms with Crippen LogP contribution in [0.5, 0.6) is 0 Å². The van der Waals surface area contributed by atoms with Crippen molar-refractivity contribution in [1.82, 2.24) is 9.80 Å². The highest BCUT2D eigenvalue weighted by Crippen LogP contribution is 2.48. The zero-order chi connectivity index (χ0) is 73.8. The summed E-state index contributed by atoms with van der Waals surface area (Å²) in [6, 6.07) is 86.9. The number of rotatable bonds is 4. The number of hydrogen-bond acceptors (Lipinski definition) is 12. The Labute approximate surface area is 632 Å². The number of piperidine rings is 1. The van der Waals surface area contributed by atoms with Gasteiger partial charge in [0.15, 0.2) is 0 Å². The predicted molar refractivity (Wildman–Crippen MR) is 451 cm³/mol. The second-order valence-corrected chi connectivity index (χ2v) is 30.7. The van der Waals surface area contributed by atoms with Crippen LogP contribution >= 0.6 is 0 Å². The first kappa shape index (κ1) is 68.4. The van der Waals surface area contributed by atoms with E-state index in [0.717, 1.165) is 81.5 Å². The van der Waals surface area contributed by atoms with Gasteiger partial charge in [-0.05, 0) is 212 Å². The summed E-state index contributed by atoms with van der Waals surface area (Å²) < 4.78 is 24.3. The molecule has 9 heterocycles. The molecular formula is C96H94N8O4. The minimum atomic E-state index is 0.138. The summed E-state index contributed by atoms with van der Waals surface area (Å²) in [5.74, 6) is 0. The molecule has 5 aliphatic heterocycles. The number of hydrogen-bond donors (Lipinski definition) is 0. The zero-order valence-electron chi connectivity index (χ0n) is 63.8. The lowest BCUT2D eigenvalue weighted by atomic mass is 10.0. The van der Waals surface area contributed by atoms with Gasteiger partial charge < -0.3 is 47.1 Å². The molecule has 5 aliphatic rings. The highest BCUT2D eigenvalue weighted by molar-refractivity contribution is 6.10. The van der Waals surface area contributed by atoms with Crippen molar-refractivity contribution in [3.05, 3.63) is 282 Å². The SMILES string of the molecule is Cc1cc2oc3ccccc3c2cc1N1C2CCCN(C2)C1C.Cc1cc2oc3ccccc3c2cc1N1CCc2ccccc2N(C)C1C.Cc1cc2oc3ccccc3c2cc1N1Cc2ccccc2CN(C)C1C.Cc1cc2oc3ccccc3c2cc1N1c2ccccc2-c2ccccc2N(C)C1C. The predicted octanol–water partition coefficient (Wildman–Crippen LogP) is 23.5. The molecule has 0 aliphatic carbocycles. The average molecular weight is 1420 g/mol. The molecule has 0 N–H and O–H groups in total. The first-order chi connectivity index (χ1) is 52.6. The van der Waals surface area contributed by atoms with Crippen molar-refractivity contribution < 1.29 is 17.7 Å². The lowest BCUT2D eigenvalue weighted by Gasteiger charge is -2.37. The number of fused-ring (bicyclic) bond motifs is 19. The largest absolute Gasteiger partial charge is 0.456 e. The second kappa shape index (κ2) is 27.7. The summed E-state index contributed by atoms with van der Waals surface area (Å²) in [5.41, 5.74) is 28.5. The number of aryl methyl sites for hydroxylation is 4. The van der Waals surface area contributed by atoms with Crippen LogP contribution in [0.1, 0.15) is 79.5 Å². The number of nitrogens with zero attached hydrogens (tertiary/aromatic N) is 8. The van der Waals surface area contributed by atoms with Gasteiger partial charge in [0.05, 0.1) is 24.2 Å². The number of para-hydroxylation sites is 7. The van der Waals surface area contributed by atoms with Gasteiger partial charge in [0.25, 0.3) is 0 Å². The van der Waals surface area contributed by atoms with E-state index in [-0.39, 0.29) is 12.3 Å². The first-order valence-electron chi connectivity index (χ1n) is 38.6. The molecule has 0 radical (unpaired) electrons. The molecule has 6 atom stereocenters. The maximum Gasteiger partial charge on any atom is 0.135 e. The fraction of sp³-hybridized carbons (Fsp3) is 0.250. The van der Waals surface area contributed by atoms with Gasteiger partial charge in [-0.3, -0.25) is 9.80 Å². The van der Waals surface area contributed by atoms with Gasteiger partial charge in [-0.2, -0.15) is 0 Å². The van der Waals surface area contributed by atoms with Crippen molar-refractivity contribution in [1.29, 1.82) is 0 Å². The van der Waals surface area contributed by atoms with Crippen molar-refractivity contribution in [2.45, 2.75) is 118 Å². The van der Waals surface area contributed by atoms with Gasteiger partial charge in [-0.1, -0.05) is 152 Å². The van der Waals surface area contributed by atoms with Gasteiger partial charge in [0.1, 0.15) is 50.8 Å². The van der Waals surface area contributed by atoms with Crippen LogP contribution in [0.15, 0.2) is 260 Å². The van der Waals surface area contributed by atoms with E-state index in [1.54, 1.807) is 0 Å². The van der Waals surface area contributed by atoms with Gasteiger partial charge in [-0.25, -0.2) is 0 Å². The minimum absolute atomic E-state index is 0.138. The fourth-order valence-electron chi connectivity index (χ4n) is 18.2. The van der Waals surface area contributed by atoms with Crippen molar-refractivity contribution in [2.24, 2.45) is 0 Å². The summed E-state index contributed by atoms with van der Waals surface area (Å²) in [6.07, 6.45) is 4.91. The molecule has 12 heteroatoms. The van der Waals surface area contributed by atoms with Crippen molar-refractivity contribution in [3.8, 4) is 11.1 Å². The maximum atomic E-state index is 6.14. The van der Waals surface area contributed by atoms with Crippen LogP contribution in [0.2, 0.25) is 0 Å².